The summed E-state index contributed by atoms with van der Waals surface area (Å²) in [4.78, 5) is 12.2. The van der Waals surface area contributed by atoms with E-state index in [4.69, 9.17) is 9.47 Å². The van der Waals surface area contributed by atoms with E-state index in [1.165, 1.54) is 0 Å². The molecule has 4 heteroatoms. The van der Waals surface area contributed by atoms with Gasteiger partial charge in [0.25, 0.3) is 5.91 Å². The molecule has 0 atom stereocenters. The lowest BCUT2D eigenvalue weighted by Crippen LogP contribution is -2.11. The first-order valence-corrected chi connectivity index (χ1v) is 8.35. The first-order valence-electron chi connectivity index (χ1n) is 8.35. The molecule has 0 saturated carbocycles. The third-order valence-corrected chi connectivity index (χ3v) is 3.50. The Hall–Kier alpha value is -2.49. The summed E-state index contributed by atoms with van der Waals surface area (Å²) in [5.41, 5.74) is 1.33. The maximum atomic E-state index is 12.2. The Morgan fingerprint density at radius 1 is 0.958 bits per heavy atom. The Morgan fingerprint density at radius 3 is 2.12 bits per heavy atom. The third kappa shape index (κ3) is 5.61. The van der Waals surface area contributed by atoms with Crippen molar-refractivity contribution in [2.45, 2.75) is 27.2 Å². The summed E-state index contributed by atoms with van der Waals surface area (Å²) < 4.78 is 11.0. The molecule has 1 amide bonds. The zero-order chi connectivity index (χ0) is 17.4. The van der Waals surface area contributed by atoms with E-state index in [0.717, 1.165) is 23.6 Å². The molecule has 2 aromatic carbocycles. The molecule has 128 valence electrons. The van der Waals surface area contributed by atoms with Crippen molar-refractivity contribution in [1.29, 1.82) is 0 Å². The highest BCUT2D eigenvalue weighted by atomic mass is 16.5. The summed E-state index contributed by atoms with van der Waals surface area (Å²) in [6.07, 6.45) is 1.02. The highest BCUT2D eigenvalue weighted by molar-refractivity contribution is 6.04. The SMILES string of the molecule is CCOc1ccc(C(=O)Nc2ccc(OCCC(C)C)cc2)cc1. The van der Waals surface area contributed by atoms with Crippen molar-refractivity contribution in [2.75, 3.05) is 18.5 Å². The molecular weight excluding hydrogens is 302 g/mol. The van der Waals surface area contributed by atoms with Crippen molar-refractivity contribution >= 4 is 11.6 Å². The minimum Gasteiger partial charge on any atom is -0.494 e. The van der Waals surface area contributed by atoms with Crippen LogP contribution < -0.4 is 14.8 Å². The number of carbonyl (C=O) groups is 1. The number of nitrogens with one attached hydrogen (secondary N) is 1. The van der Waals surface area contributed by atoms with E-state index in [0.29, 0.717) is 24.7 Å². The lowest BCUT2D eigenvalue weighted by molar-refractivity contribution is 0.102. The van der Waals surface area contributed by atoms with E-state index < -0.39 is 0 Å². The number of ether oxygens (including phenoxy) is 2. The molecule has 0 spiro atoms. The number of hydrogen-bond donors (Lipinski definition) is 1. The van der Waals surface area contributed by atoms with Crippen molar-refractivity contribution in [2.24, 2.45) is 5.92 Å². The summed E-state index contributed by atoms with van der Waals surface area (Å²) in [7, 11) is 0. The molecule has 0 radical (unpaired) electrons. The van der Waals surface area contributed by atoms with Crippen LogP contribution in [-0.4, -0.2) is 19.1 Å². The Labute approximate surface area is 143 Å². The topological polar surface area (TPSA) is 47.6 Å². The van der Waals surface area contributed by atoms with Gasteiger partial charge in [-0.15, -0.1) is 0 Å². The van der Waals surface area contributed by atoms with Gasteiger partial charge in [0.2, 0.25) is 0 Å². The van der Waals surface area contributed by atoms with Crippen LogP contribution in [0.2, 0.25) is 0 Å². The maximum Gasteiger partial charge on any atom is 0.255 e. The smallest absolute Gasteiger partial charge is 0.255 e. The second-order valence-electron chi connectivity index (χ2n) is 5.97. The van der Waals surface area contributed by atoms with Gasteiger partial charge in [0, 0.05) is 11.3 Å². The van der Waals surface area contributed by atoms with Crippen LogP contribution in [0, 0.1) is 5.92 Å². The van der Waals surface area contributed by atoms with Gasteiger partial charge in [0.1, 0.15) is 11.5 Å². The molecule has 1 N–H and O–H groups in total. The Morgan fingerprint density at radius 2 is 1.54 bits per heavy atom. The van der Waals surface area contributed by atoms with E-state index in [2.05, 4.69) is 19.2 Å². The summed E-state index contributed by atoms with van der Waals surface area (Å²) in [6, 6.07) is 14.5. The average Bonchev–Trinajstić information content (AvgIpc) is 2.57. The fraction of sp³-hybridized carbons (Fsp3) is 0.350. The van der Waals surface area contributed by atoms with Crippen LogP contribution in [0.4, 0.5) is 5.69 Å². The number of anilines is 1. The minimum atomic E-state index is -0.147. The van der Waals surface area contributed by atoms with Crippen LogP contribution in [-0.2, 0) is 0 Å². The summed E-state index contributed by atoms with van der Waals surface area (Å²) in [6.45, 7) is 7.58. The van der Waals surface area contributed by atoms with Gasteiger partial charge in [-0.1, -0.05) is 13.8 Å². The fourth-order valence-corrected chi connectivity index (χ4v) is 2.12. The van der Waals surface area contributed by atoms with Crippen molar-refractivity contribution in [3.05, 3.63) is 54.1 Å². The third-order valence-electron chi connectivity index (χ3n) is 3.50. The molecule has 0 aliphatic carbocycles. The van der Waals surface area contributed by atoms with Crippen LogP contribution >= 0.6 is 0 Å². The van der Waals surface area contributed by atoms with Gasteiger partial charge in [0.15, 0.2) is 0 Å². The average molecular weight is 327 g/mol. The van der Waals surface area contributed by atoms with E-state index in [1.54, 1.807) is 24.3 Å². The van der Waals surface area contributed by atoms with E-state index in [-0.39, 0.29) is 5.91 Å². The summed E-state index contributed by atoms with van der Waals surface area (Å²) >= 11 is 0. The quantitative estimate of drug-likeness (QED) is 0.760. The number of amides is 1. The van der Waals surface area contributed by atoms with Gasteiger partial charge in [-0.05, 0) is 67.8 Å². The molecule has 0 aromatic heterocycles. The summed E-state index contributed by atoms with van der Waals surface area (Å²) in [5.74, 6) is 2.05. The van der Waals surface area contributed by atoms with Crippen LogP contribution in [0.1, 0.15) is 37.6 Å². The van der Waals surface area contributed by atoms with Crippen LogP contribution in [0.15, 0.2) is 48.5 Å². The first-order chi connectivity index (χ1) is 11.6. The molecular formula is C20H25NO3. The van der Waals surface area contributed by atoms with Crippen molar-refractivity contribution in [3.8, 4) is 11.5 Å². The minimum absolute atomic E-state index is 0.147. The van der Waals surface area contributed by atoms with Gasteiger partial charge in [-0.2, -0.15) is 0 Å². The second kappa shape index (κ2) is 8.96. The zero-order valence-corrected chi connectivity index (χ0v) is 14.5. The van der Waals surface area contributed by atoms with Gasteiger partial charge in [-0.3, -0.25) is 4.79 Å². The predicted molar refractivity (Wildman–Crippen MR) is 97.0 cm³/mol. The normalized spacial score (nSPS) is 10.5. The largest absolute Gasteiger partial charge is 0.494 e. The van der Waals surface area contributed by atoms with Gasteiger partial charge < -0.3 is 14.8 Å². The number of benzene rings is 2. The zero-order valence-electron chi connectivity index (χ0n) is 14.5. The second-order valence-corrected chi connectivity index (χ2v) is 5.97. The monoisotopic (exact) mass is 327 g/mol. The number of hydrogen-bond acceptors (Lipinski definition) is 3. The fourth-order valence-electron chi connectivity index (χ4n) is 2.12. The van der Waals surface area contributed by atoms with Crippen molar-refractivity contribution < 1.29 is 14.3 Å². The maximum absolute atomic E-state index is 12.2. The Bertz CT molecular complexity index is 633. The molecule has 0 fully saturated rings. The molecule has 0 aliphatic rings. The highest BCUT2D eigenvalue weighted by Crippen LogP contribution is 2.18. The van der Waals surface area contributed by atoms with Crippen molar-refractivity contribution in [1.82, 2.24) is 0 Å². The molecule has 0 bridgehead atoms. The van der Waals surface area contributed by atoms with Crippen LogP contribution in [0.5, 0.6) is 11.5 Å². The van der Waals surface area contributed by atoms with Gasteiger partial charge in [-0.25, -0.2) is 0 Å². The molecule has 0 heterocycles. The molecule has 0 unspecified atom stereocenters. The van der Waals surface area contributed by atoms with Crippen LogP contribution in [0.25, 0.3) is 0 Å². The molecule has 0 aliphatic heterocycles. The Kier molecular flexibility index (Phi) is 6.67. The molecule has 0 saturated heterocycles. The van der Waals surface area contributed by atoms with E-state index >= 15 is 0 Å². The molecule has 2 rings (SSSR count). The predicted octanol–water partition coefficient (Wildman–Crippen LogP) is 4.76. The van der Waals surface area contributed by atoms with Gasteiger partial charge >= 0.3 is 0 Å². The Balaban J connectivity index is 1.89. The lowest BCUT2D eigenvalue weighted by atomic mass is 10.1. The van der Waals surface area contributed by atoms with Gasteiger partial charge in [0.05, 0.1) is 13.2 Å². The first kappa shape index (κ1) is 17.9. The van der Waals surface area contributed by atoms with E-state index in [9.17, 15) is 4.79 Å². The number of rotatable bonds is 8. The molecule has 4 nitrogen and oxygen atoms in total. The lowest BCUT2D eigenvalue weighted by Gasteiger charge is -2.10. The highest BCUT2D eigenvalue weighted by Gasteiger charge is 2.06. The molecule has 2 aromatic rings. The molecule has 24 heavy (non-hydrogen) atoms. The van der Waals surface area contributed by atoms with E-state index in [1.807, 2.05) is 31.2 Å². The standard InChI is InChI=1S/C20H25NO3/c1-4-23-18-9-5-16(6-10-18)20(22)21-17-7-11-19(12-8-17)24-14-13-15(2)3/h5-12,15H,4,13-14H2,1-3H3,(H,21,22). The number of carbonyl (C=O) groups excluding carboxylic acids is 1. The van der Waals surface area contributed by atoms with Crippen LogP contribution in [0.3, 0.4) is 0 Å². The summed E-state index contributed by atoms with van der Waals surface area (Å²) in [5, 5.41) is 2.88. The van der Waals surface area contributed by atoms with Crippen molar-refractivity contribution in [3.63, 3.8) is 0 Å².